The van der Waals surface area contributed by atoms with Crippen LogP contribution >= 0.6 is 0 Å². The number of aryl methyl sites for hydroxylation is 1. The van der Waals surface area contributed by atoms with Gasteiger partial charge in [-0.1, -0.05) is 13.0 Å². The van der Waals surface area contributed by atoms with Gasteiger partial charge in [-0.2, -0.15) is 12.1 Å². The highest BCUT2D eigenvalue weighted by Gasteiger charge is 1.95. The van der Waals surface area contributed by atoms with Gasteiger partial charge in [0.25, 0.3) is 0 Å². The number of rotatable bonds is 2. The Balaban J connectivity index is 2.74. The van der Waals surface area contributed by atoms with Gasteiger partial charge in [0.05, 0.1) is 0 Å². The second-order valence-electron chi connectivity index (χ2n) is 2.35. The molecule has 1 heterocycles. The van der Waals surface area contributed by atoms with Gasteiger partial charge in [-0.3, -0.25) is 4.68 Å². The Kier molecular flexibility index (Phi) is 2.06. The monoisotopic (exact) mass is 138 g/mol. The van der Waals surface area contributed by atoms with Crippen LogP contribution in [0.25, 0.3) is 5.32 Å². The van der Waals surface area contributed by atoms with E-state index in [1.165, 1.54) is 0 Å². The van der Waals surface area contributed by atoms with Crippen molar-refractivity contribution in [3.63, 3.8) is 0 Å². The molecule has 3 nitrogen and oxygen atoms in total. The summed E-state index contributed by atoms with van der Waals surface area (Å²) in [5, 5.41) is 8.30. The fourth-order valence-electron chi connectivity index (χ4n) is 0.788. The van der Waals surface area contributed by atoms with E-state index >= 15 is 0 Å². The Morgan fingerprint density at radius 3 is 2.80 bits per heavy atom. The fourth-order valence-corrected chi connectivity index (χ4v) is 0.788. The Bertz CT molecular complexity index is 204. The molecule has 0 aliphatic heterocycles. The lowest BCUT2D eigenvalue weighted by atomic mass is 10.2. The van der Waals surface area contributed by atoms with E-state index in [1.54, 1.807) is 11.7 Å². The van der Waals surface area contributed by atoms with Crippen LogP contribution in [0.15, 0.2) is 12.3 Å². The fraction of sp³-hybridized carbons (Fsp3) is 0.571. The van der Waals surface area contributed by atoms with E-state index in [0.717, 1.165) is 5.69 Å². The Labute approximate surface area is 61.0 Å². The summed E-state index contributed by atoms with van der Waals surface area (Å²) in [6, 6.07) is 2.21. The van der Waals surface area contributed by atoms with E-state index < -0.39 is 0 Å². The summed E-state index contributed by atoms with van der Waals surface area (Å²) in [7, 11) is 3.71. The molecule has 1 aromatic heterocycles. The van der Waals surface area contributed by atoms with Crippen LogP contribution in [-0.4, -0.2) is 16.8 Å². The lowest BCUT2D eigenvalue weighted by Crippen LogP contribution is -1.94. The maximum Gasteiger partial charge on any atom is 0.0447 e. The van der Waals surface area contributed by atoms with E-state index in [9.17, 15) is 0 Å². The normalized spacial score (nSPS) is 13.5. The van der Waals surface area contributed by atoms with Crippen molar-refractivity contribution in [1.82, 2.24) is 9.78 Å². The number of hydrogen-bond donors (Lipinski definition) is 0. The maximum absolute atomic E-state index is 4.20. The first-order valence-electron chi connectivity index (χ1n) is 3.32. The molecule has 0 bridgehead atoms. The lowest BCUT2D eigenvalue weighted by Gasteiger charge is -2.19. The molecular weight excluding hydrogens is 126 g/mol. The van der Waals surface area contributed by atoms with Crippen LogP contribution in [0.5, 0.6) is 0 Å². The molecule has 1 atom stereocenters. The predicted octanol–water partition coefficient (Wildman–Crippen LogP) is 1.48. The molecule has 0 spiro atoms. The molecule has 0 aromatic carbocycles. The van der Waals surface area contributed by atoms with Crippen LogP contribution < -0.4 is 0 Å². The molecule has 1 unspecified atom stereocenters. The quantitative estimate of drug-likeness (QED) is 0.609. The zero-order chi connectivity index (χ0) is 7.56. The third-order valence-corrected chi connectivity index (χ3v) is 1.55. The smallest absolute Gasteiger partial charge is 0.0447 e. The molecule has 1 rings (SSSR count). The molecule has 3 heteroatoms. The summed E-state index contributed by atoms with van der Waals surface area (Å²) in [6.45, 7) is 2.03. The van der Waals surface area contributed by atoms with E-state index in [0.29, 0.717) is 0 Å². The molecule has 1 aromatic rings. The van der Waals surface area contributed by atoms with Gasteiger partial charge < -0.3 is 5.32 Å². The van der Waals surface area contributed by atoms with E-state index in [-0.39, 0.29) is 6.04 Å². The SMILES string of the molecule is C[N-]C(C)c1ccn(C)n1. The van der Waals surface area contributed by atoms with Crippen molar-refractivity contribution in [3.05, 3.63) is 23.3 Å². The third-order valence-electron chi connectivity index (χ3n) is 1.55. The highest BCUT2D eigenvalue weighted by molar-refractivity contribution is 5.09. The van der Waals surface area contributed by atoms with Gasteiger partial charge in [0.2, 0.25) is 0 Å². The highest BCUT2D eigenvalue weighted by Crippen LogP contribution is 2.15. The summed E-state index contributed by atoms with van der Waals surface area (Å²) in [4.78, 5) is 0. The van der Waals surface area contributed by atoms with Crippen LogP contribution in [0, 0.1) is 0 Å². The summed E-state index contributed by atoms with van der Waals surface area (Å²) in [5.74, 6) is 0. The van der Waals surface area contributed by atoms with E-state index in [2.05, 4.69) is 10.4 Å². The molecule has 10 heavy (non-hydrogen) atoms. The maximum atomic E-state index is 4.20. The van der Waals surface area contributed by atoms with Gasteiger partial charge >= 0.3 is 0 Å². The first kappa shape index (κ1) is 7.28. The van der Waals surface area contributed by atoms with Crippen molar-refractivity contribution in [2.45, 2.75) is 13.0 Å². The Hall–Kier alpha value is -0.830. The first-order chi connectivity index (χ1) is 4.74. The van der Waals surface area contributed by atoms with E-state index in [1.807, 2.05) is 26.2 Å². The van der Waals surface area contributed by atoms with Gasteiger partial charge in [0, 0.05) is 18.9 Å². The largest absolute Gasteiger partial charge is 0.657 e. The average Bonchev–Trinajstić information content (AvgIpc) is 2.34. The summed E-state index contributed by atoms with van der Waals surface area (Å²) < 4.78 is 1.79. The minimum atomic E-state index is 0.223. The van der Waals surface area contributed by atoms with Gasteiger partial charge in [0.1, 0.15) is 0 Å². The highest BCUT2D eigenvalue weighted by atomic mass is 15.3. The predicted molar refractivity (Wildman–Crippen MR) is 40.9 cm³/mol. The summed E-state index contributed by atoms with van der Waals surface area (Å²) >= 11 is 0. The van der Waals surface area contributed by atoms with Crippen LogP contribution in [-0.2, 0) is 7.05 Å². The van der Waals surface area contributed by atoms with Gasteiger partial charge in [-0.15, -0.1) is 0 Å². The number of hydrogen-bond acceptors (Lipinski definition) is 1. The van der Waals surface area contributed by atoms with Crippen molar-refractivity contribution >= 4 is 0 Å². The second-order valence-corrected chi connectivity index (χ2v) is 2.35. The van der Waals surface area contributed by atoms with Crippen molar-refractivity contribution in [3.8, 4) is 0 Å². The van der Waals surface area contributed by atoms with Crippen LogP contribution in [0.3, 0.4) is 0 Å². The van der Waals surface area contributed by atoms with Crippen molar-refractivity contribution in [2.75, 3.05) is 7.05 Å². The lowest BCUT2D eigenvalue weighted by molar-refractivity contribution is 0.724. The van der Waals surface area contributed by atoms with Gasteiger partial charge in [0.15, 0.2) is 0 Å². The molecular formula is C7H12N3-. The van der Waals surface area contributed by atoms with Crippen molar-refractivity contribution in [2.24, 2.45) is 7.05 Å². The Morgan fingerprint density at radius 1 is 1.70 bits per heavy atom. The minimum Gasteiger partial charge on any atom is -0.657 e. The molecule has 0 saturated heterocycles. The van der Waals surface area contributed by atoms with Crippen molar-refractivity contribution in [1.29, 1.82) is 0 Å². The molecule has 0 N–H and O–H groups in total. The van der Waals surface area contributed by atoms with Gasteiger partial charge in [-0.05, 0) is 6.07 Å². The van der Waals surface area contributed by atoms with Crippen LogP contribution in [0.1, 0.15) is 18.7 Å². The third kappa shape index (κ3) is 1.36. The summed E-state index contributed by atoms with van der Waals surface area (Å²) in [5.41, 5.74) is 1.03. The average molecular weight is 138 g/mol. The zero-order valence-corrected chi connectivity index (χ0v) is 6.57. The van der Waals surface area contributed by atoms with Gasteiger partial charge in [-0.25, -0.2) is 0 Å². The molecule has 0 aliphatic carbocycles. The standard InChI is InChI=1S/C7H12N3/c1-6(8-2)7-4-5-10(3)9-7/h4-6H,1-3H3/q-1. The molecule has 0 amide bonds. The zero-order valence-electron chi connectivity index (χ0n) is 6.57. The Morgan fingerprint density at radius 2 is 2.40 bits per heavy atom. The molecule has 0 fully saturated rings. The minimum absolute atomic E-state index is 0.223. The van der Waals surface area contributed by atoms with Crippen LogP contribution in [0.4, 0.5) is 0 Å². The molecule has 56 valence electrons. The number of nitrogens with zero attached hydrogens (tertiary/aromatic N) is 3. The second kappa shape index (κ2) is 2.84. The van der Waals surface area contributed by atoms with E-state index in [4.69, 9.17) is 0 Å². The first-order valence-corrected chi connectivity index (χ1v) is 3.32. The molecule has 0 radical (unpaired) electrons. The molecule has 0 saturated carbocycles. The number of aromatic nitrogens is 2. The van der Waals surface area contributed by atoms with Crippen molar-refractivity contribution < 1.29 is 0 Å². The van der Waals surface area contributed by atoms with Crippen LogP contribution in [0.2, 0.25) is 0 Å². The molecule has 0 aliphatic rings. The topological polar surface area (TPSA) is 31.9 Å². The summed E-state index contributed by atoms with van der Waals surface area (Å²) in [6.07, 6.45) is 1.93.